The van der Waals surface area contributed by atoms with Crippen molar-refractivity contribution < 1.29 is 41.7 Å². The zero-order chi connectivity index (χ0) is 25.9. The van der Waals surface area contributed by atoms with Gasteiger partial charge in [0.2, 0.25) is 0 Å². The predicted octanol–water partition coefficient (Wildman–Crippen LogP) is 3.05. The number of sulfone groups is 1. The van der Waals surface area contributed by atoms with Crippen molar-refractivity contribution in [3.8, 4) is 0 Å². The van der Waals surface area contributed by atoms with Crippen molar-refractivity contribution in [1.82, 2.24) is 0 Å². The monoisotopic (exact) mass is 533 g/mol. The van der Waals surface area contributed by atoms with Crippen molar-refractivity contribution in [2.75, 3.05) is 5.32 Å². The van der Waals surface area contributed by atoms with Gasteiger partial charge in [-0.15, -0.1) is 0 Å². The Balaban J connectivity index is 1.57. The molecule has 2 unspecified atom stereocenters. The van der Waals surface area contributed by atoms with Crippen LogP contribution >= 0.6 is 11.6 Å². The lowest BCUT2D eigenvalue weighted by atomic mass is 9.51. The summed E-state index contributed by atoms with van der Waals surface area (Å²) < 4.78 is 66.8. The molecule has 3 aliphatic rings. The SMILES string of the molecule is C[C@H](O)[C@H](O)C1(O)C2CC1CC(S(=O)(=O)c1cc(C(=O)Nc3cc(F)c(F)c(F)c3)ccc1Cl)C2. The molecule has 0 heterocycles. The Morgan fingerprint density at radius 2 is 1.66 bits per heavy atom. The number of aliphatic hydroxyl groups excluding tert-OH is 2. The normalized spacial score (nSPS) is 27.6. The molecule has 190 valence electrons. The second-order valence-electron chi connectivity index (χ2n) is 9.19. The lowest BCUT2D eigenvalue weighted by molar-refractivity contribution is -0.249. The number of carbonyl (C=O) groups excluding carboxylic acids is 1. The van der Waals surface area contributed by atoms with Crippen LogP contribution in [-0.2, 0) is 9.84 Å². The molecule has 2 bridgehead atoms. The average molecular weight is 534 g/mol. The number of benzene rings is 2. The highest BCUT2D eigenvalue weighted by molar-refractivity contribution is 7.92. The first kappa shape index (κ1) is 25.9. The third-order valence-corrected chi connectivity index (χ3v) is 9.74. The molecule has 0 radical (unpaired) electrons. The van der Waals surface area contributed by atoms with Gasteiger partial charge < -0.3 is 20.6 Å². The first-order chi connectivity index (χ1) is 16.3. The molecular formula is C23H23ClF3NO6S. The molecular weight excluding hydrogens is 511 g/mol. The van der Waals surface area contributed by atoms with Crippen molar-refractivity contribution >= 4 is 33.0 Å². The van der Waals surface area contributed by atoms with Gasteiger partial charge in [0.25, 0.3) is 5.91 Å². The van der Waals surface area contributed by atoms with E-state index < -0.39 is 68.1 Å². The van der Waals surface area contributed by atoms with E-state index in [9.17, 15) is 41.7 Å². The number of hydrogen-bond acceptors (Lipinski definition) is 6. The van der Waals surface area contributed by atoms with E-state index in [1.807, 2.05) is 0 Å². The number of fused-ring (bicyclic) bond motifs is 2. The van der Waals surface area contributed by atoms with E-state index in [4.69, 9.17) is 11.6 Å². The zero-order valence-electron chi connectivity index (χ0n) is 18.4. The first-order valence-electron chi connectivity index (χ1n) is 10.8. The van der Waals surface area contributed by atoms with E-state index in [1.165, 1.54) is 19.1 Å². The summed E-state index contributed by atoms with van der Waals surface area (Å²) in [5, 5.41) is 31.9. The molecule has 4 atom stereocenters. The van der Waals surface area contributed by atoms with E-state index in [-0.39, 0.29) is 34.0 Å². The molecule has 5 rings (SSSR count). The second-order valence-corrected chi connectivity index (χ2v) is 11.8. The van der Waals surface area contributed by atoms with Crippen molar-refractivity contribution in [3.05, 3.63) is 58.4 Å². The summed E-state index contributed by atoms with van der Waals surface area (Å²) in [6.07, 6.45) is -2.04. The molecule has 4 N–H and O–H groups in total. The van der Waals surface area contributed by atoms with E-state index in [1.54, 1.807) is 0 Å². The highest BCUT2D eigenvalue weighted by atomic mass is 35.5. The van der Waals surface area contributed by atoms with Crippen LogP contribution in [0.25, 0.3) is 0 Å². The molecule has 3 saturated carbocycles. The van der Waals surface area contributed by atoms with Crippen LogP contribution in [0.1, 0.15) is 36.5 Å². The maximum atomic E-state index is 13.4. The molecule has 1 amide bonds. The minimum Gasteiger partial charge on any atom is -0.391 e. The fourth-order valence-electron chi connectivity index (χ4n) is 5.19. The number of halogens is 4. The quantitative estimate of drug-likeness (QED) is 0.423. The molecule has 0 aromatic heterocycles. The van der Waals surface area contributed by atoms with E-state index in [0.29, 0.717) is 18.6 Å². The Morgan fingerprint density at radius 3 is 2.20 bits per heavy atom. The number of anilines is 1. The number of hydrogen-bond donors (Lipinski definition) is 4. The highest BCUT2D eigenvalue weighted by Gasteiger charge is 2.63. The smallest absolute Gasteiger partial charge is 0.255 e. The number of rotatable bonds is 6. The summed E-state index contributed by atoms with van der Waals surface area (Å²) in [7, 11) is -4.08. The summed E-state index contributed by atoms with van der Waals surface area (Å²) in [5.41, 5.74) is -2.11. The van der Waals surface area contributed by atoms with Crippen LogP contribution in [0.3, 0.4) is 0 Å². The van der Waals surface area contributed by atoms with Gasteiger partial charge in [0.05, 0.1) is 26.9 Å². The van der Waals surface area contributed by atoms with Gasteiger partial charge in [-0.05, 0) is 56.2 Å². The van der Waals surface area contributed by atoms with Crippen LogP contribution in [0.15, 0.2) is 35.2 Å². The average Bonchev–Trinajstić information content (AvgIpc) is 2.81. The van der Waals surface area contributed by atoms with Crippen molar-refractivity contribution in [1.29, 1.82) is 0 Å². The Hall–Kier alpha value is -2.18. The Bertz CT molecular complexity index is 1250. The van der Waals surface area contributed by atoms with Crippen LogP contribution in [0.2, 0.25) is 5.02 Å². The lowest BCUT2D eigenvalue weighted by Gasteiger charge is -2.60. The summed E-state index contributed by atoms with van der Waals surface area (Å²) in [6.45, 7) is 1.34. The summed E-state index contributed by atoms with van der Waals surface area (Å²) in [5.74, 6) is -6.68. The van der Waals surface area contributed by atoms with Gasteiger partial charge in [0.1, 0.15) is 6.10 Å². The van der Waals surface area contributed by atoms with Crippen LogP contribution in [-0.4, -0.2) is 52.7 Å². The molecule has 2 aromatic rings. The molecule has 35 heavy (non-hydrogen) atoms. The van der Waals surface area contributed by atoms with E-state index in [2.05, 4.69) is 5.32 Å². The molecule has 0 saturated heterocycles. The van der Waals surface area contributed by atoms with Gasteiger partial charge >= 0.3 is 0 Å². The van der Waals surface area contributed by atoms with Gasteiger partial charge in [-0.1, -0.05) is 11.6 Å². The standard InChI is InChI=1S/C23H23ClF3NO6S/c1-10(29)21(30)23(32)12-5-13(23)7-15(6-12)35(33,34)19-4-11(2-3-16(19)24)22(31)28-14-8-17(25)20(27)18(26)9-14/h2-4,8-10,12-13,15,21,29-30,32H,5-7H2,1H3,(H,28,31)/t10-,12?,13?,15?,21-,23?/m0/s1. The minimum atomic E-state index is -4.08. The molecule has 3 aliphatic carbocycles. The largest absolute Gasteiger partial charge is 0.391 e. The van der Waals surface area contributed by atoms with Gasteiger partial charge in [0.15, 0.2) is 27.3 Å². The first-order valence-corrected chi connectivity index (χ1v) is 12.8. The molecule has 12 heteroatoms. The minimum absolute atomic E-state index is 0.0278. The van der Waals surface area contributed by atoms with Crippen molar-refractivity contribution in [2.45, 2.75) is 54.1 Å². The van der Waals surface area contributed by atoms with Gasteiger partial charge in [-0.2, -0.15) is 0 Å². The number of aliphatic hydroxyl groups is 3. The van der Waals surface area contributed by atoms with Gasteiger partial charge in [-0.3, -0.25) is 4.79 Å². The second kappa shape index (κ2) is 9.04. The summed E-state index contributed by atoms with van der Waals surface area (Å²) in [4.78, 5) is 12.3. The fraction of sp³-hybridized carbons (Fsp3) is 0.435. The third-order valence-electron chi connectivity index (χ3n) is 7.08. The number of amides is 1. The van der Waals surface area contributed by atoms with E-state index >= 15 is 0 Å². The molecule has 0 spiro atoms. The molecule has 7 nitrogen and oxygen atoms in total. The Morgan fingerprint density at radius 1 is 1.09 bits per heavy atom. The van der Waals surface area contributed by atoms with Crippen molar-refractivity contribution in [2.24, 2.45) is 11.8 Å². The molecule has 2 aromatic carbocycles. The fourth-order valence-corrected chi connectivity index (χ4v) is 7.59. The van der Waals surface area contributed by atoms with Crippen LogP contribution < -0.4 is 5.32 Å². The Kier molecular flexibility index (Phi) is 6.69. The summed E-state index contributed by atoms with van der Waals surface area (Å²) >= 11 is 6.15. The topological polar surface area (TPSA) is 124 Å². The van der Waals surface area contributed by atoms with E-state index in [0.717, 1.165) is 6.07 Å². The number of nitrogens with one attached hydrogen (secondary N) is 1. The lowest BCUT2D eigenvalue weighted by Crippen LogP contribution is -2.69. The van der Waals surface area contributed by atoms with Crippen LogP contribution in [0, 0.1) is 29.3 Å². The maximum Gasteiger partial charge on any atom is 0.255 e. The number of carbonyl (C=O) groups is 1. The van der Waals surface area contributed by atoms with Crippen molar-refractivity contribution in [3.63, 3.8) is 0 Å². The third kappa shape index (κ3) is 4.33. The Labute approximate surface area is 204 Å². The zero-order valence-corrected chi connectivity index (χ0v) is 20.0. The summed E-state index contributed by atoms with van der Waals surface area (Å²) in [6, 6.07) is 4.64. The highest BCUT2D eigenvalue weighted by Crippen LogP contribution is 2.57. The van der Waals surface area contributed by atoms with Crippen LogP contribution in [0.5, 0.6) is 0 Å². The van der Waals surface area contributed by atoms with Gasteiger partial charge in [0, 0.05) is 23.4 Å². The van der Waals surface area contributed by atoms with Gasteiger partial charge in [-0.25, -0.2) is 21.6 Å². The predicted molar refractivity (Wildman–Crippen MR) is 120 cm³/mol. The maximum absolute atomic E-state index is 13.4. The molecule has 3 fully saturated rings. The molecule has 0 aliphatic heterocycles. The van der Waals surface area contributed by atoms with Crippen LogP contribution in [0.4, 0.5) is 18.9 Å².